The van der Waals surface area contributed by atoms with Crippen molar-refractivity contribution in [3.8, 4) is 0 Å². The van der Waals surface area contributed by atoms with E-state index >= 15 is 0 Å². The molecule has 1 aromatic carbocycles. The third kappa shape index (κ3) is 3.58. The first-order valence-electron chi connectivity index (χ1n) is 6.20. The van der Waals surface area contributed by atoms with Crippen LogP contribution in [0.3, 0.4) is 0 Å². The summed E-state index contributed by atoms with van der Waals surface area (Å²) >= 11 is 0. The van der Waals surface area contributed by atoms with E-state index in [4.69, 9.17) is 0 Å². The minimum atomic E-state index is -1.06. The summed E-state index contributed by atoms with van der Waals surface area (Å²) in [6.07, 6.45) is 0. The van der Waals surface area contributed by atoms with E-state index in [-0.39, 0.29) is 5.82 Å². The van der Waals surface area contributed by atoms with Gasteiger partial charge in [-0.1, -0.05) is 0 Å². The van der Waals surface area contributed by atoms with Gasteiger partial charge in [0.1, 0.15) is 0 Å². The molecule has 2 aromatic rings. The Bertz CT molecular complexity index is 878. The van der Waals surface area contributed by atoms with Crippen LogP contribution in [0.1, 0.15) is 0 Å². The maximum atomic E-state index is 11.1. The molecule has 2 rings (SSSR count). The summed E-state index contributed by atoms with van der Waals surface area (Å²) in [5.41, 5.74) is -3.44. The number of benzene rings is 1. The third-order valence-electron chi connectivity index (χ3n) is 2.86. The Balaban J connectivity index is 2.64. The van der Waals surface area contributed by atoms with Crippen molar-refractivity contribution in [2.45, 2.75) is 0 Å². The summed E-state index contributed by atoms with van der Waals surface area (Å²) in [4.78, 5) is 43.3. The topological polar surface area (TPSA) is 197 Å². The van der Waals surface area contributed by atoms with E-state index in [1.54, 1.807) is 0 Å². The minimum absolute atomic E-state index is 0.283. The molecular weight excluding hydrogens is 344 g/mol. The van der Waals surface area contributed by atoms with Crippen molar-refractivity contribution in [2.75, 3.05) is 5.32 Å². The molecule has 0 unspecified atom stereocenters. The standard InChI is InChI=1S/C11H6N6O8/c18-14(19)6-4-7(15(20)21)11(8(5-6)16(22)23)13-9-2-1-3-10(12-9)17(24)25/h1-5H,(H,12,13). The number of hydrogen-bond donors (Lipinski definition) is 1. The highest BCUT2D eigenvalue weighted by atomic mass is 16.6. The lowest BCUT2D eigenvalue weighted by Gasteiger charge is -2.05. The molecular formula is C11H6N6O8. The summed E-state index contributed by atoms with van der Waals surface area (Å²) in [5.74, 6) is -0.883. The second kappa shape index (κ2) is 6.49. The van der Waals surface area contributed by atoms with Crippen molar-refractivity contribution in [3.05, 3.63) is 70.8 Å². The van der Waals surface area contributed by atoms with Gasteiger partial charge >= 0.3 is 17.2 Å². The molecule has 0 fully saturated rings. The summed E-state index contributed by atoms with van der Waals surface area (Å²) in [6, 6.07) is 4.50. The quantitative estimate of drug-likeness (QED) is 0.596. The minimum Gasteiger partial charge on any atom is -0.358 e. The van der Waals surface area contributed by atoms with Gasteiger partial charge in [-0.25, -0.2) is 0 Å². The zero-order valence-corrected chi connectivity index (χ0v) is 11.9. The number of aromatic nitrogens is 1. The van der Waals surface area contributed by atoms with Crippen LogP contribution in [0.4, 0.5) is 34.4 Å². The fourth-order valence-electron chi connectivity index (χ4n) is 1.84. The van der Waals surface area contributed by atoms with E-state index in [1.165, 1.54) is 12.1 Å². The van der Waals surface area contributed by atoms with E-state index in [0.717, 1.165) is 6.07 Å². The van der Waals surface area contributed by atoms with Gasteiger partial charge in [-0.3, -0.25) is 30.3 Å². The first-order valence-corrected chi connectivity index (χ1v) is 6.20. The van der Waals surface area contributed by atoms with Crippen LogP contribution in [-0.2, 0) is 0 Å². The van der Waals surface area contributed by atoms with Gasteiger partial charge in [-0.05, 0) is 16.0 Å². The lowest BCUT2D eigenvalue weighted by Crippen LogP contribution is -2.05. The first kappa shape index (κ1) is 17.1. The number of anilines is 2. The number of hydrogen-bond acceptors (Lipinski definition) is 10. The fourth-order valence-corrected chi connectivity index (χ4v) is 1.84. The molecule has 0 spiro atoms. The molecule has 25 heavy (non-hydrogen) atoms. The van der Waals surface area contributed by atoms with Crippen molar-refractivity contribution >= 4 is 34.4 Å². The van der Waals surface area contributed by atoms with Crippen molar-refractivity contribution in [1.29, 1.82) is 0 Å². The molecule has 1 heterocycles. The zero-order chi connectivity index (χ0) is 18.7. The number of nitro groups is 4. The maximum absolute atomic E-state index is 11.1. The van der Waals surface area contributed by atoms with Crippen molar-refractivity contribution < 1.29 is 19.7 Å². The number of nitrogens with zero attached hydrogens (tertiary/aromatic N) is 5. The van der Waals surface area contributed by atoms with Gasteiger partial charge in [0, 0.05) is 12.1 Å². The molecule has 1 N–H and O–H groups in total. The highest BCUT2D eigenvalue weighted by Gasteiger charge is 2.31. The average molecular weight is 350 g/mol. The van der Waals surface area contributed by atoms with Gasteiger partial charge in [0.25, 0.3) is 5.69 Å². The maximum Gasteiger partial charge on any atom is 0.365 e. The third-order valence-corrected chi connectivity index (χ3v) is 2.86. The Kier molecular flexibility index (Phi) is 4.44. The van der Waals surface area contributed by atoms with Gasteiger partial charge in [-0.2, -0.15) is 0 Å². The lowest BCUT2D eigenvalue weighted by atomic mass is 10.2. The number of nitro benzene ring substituents is 3. The molecule has 0 saturated carbocycles. The van der Waals surface area contributed by atoms with Crippen LogP contribution in [0, 0.1) is 40.5 Å². The van der Waals surface area contributed by atoms with Gasteiger partial charge in [0.05, 0.1) is 26.9 Å². The van der Waals surface area contributed by atoms with Crippen LogP contribution < -0.4 is 5.32 Å². The van der Waals surface area contributed by atoms with E-state index in [9.17, 15) is 40.5 Å². The summed E-state index contributed by atoms with van der Waals surface area (Å²) in [5, 5.41) is 46.0. The van der Waals surface area contributed by atoms with Crippen molar-refractivity contribution in [3.63, 3.8) is 0 Å². The first-order chi connectivity index (χ1) is 11.7. The zero-order valence-electron chi connectivity index (χ0n) is 11.9. The Hall–Kier alpha value is -4.23. The second-order valence-corrected chi connectivity index (χ2v) is 4.39. The Morgan fingerprint density at radius 1 is 0.800 bits per heavy atom. The predicted molar refractivity (Wildman–Crippen MR) is 80.6 cm³/mol. The summed E-state index contributed by atoms with van der Waals surface area (Å²) < 4.78 is 0. The van der Waals surface area contributed by atoms with Gasteiger partial charge < -0.3 is 15.4 Å². The number of nitrogens with one attached hydrogen (secondary N) is 1. The Morgan fingerprint density at radius 2 is 1.36 bits per heavy atom. The predicted octanol–water partition coefficient (Wildman–Crippen LogP) is 2.46. The molecule has 0 aliphatic rings. The molecule has 14 nitrogen and oxygen atoms in total. The number of non-ortho nitro benzene ring substituents is 1. The molecule has 0 atom stereocenters. The summed E-state index contributed by atoms with van der Waals surface area (Å²) in [7, 11) is 0. The molecule has 0 aliphatic heterocycles. The van der Waals surface area contributed by atoms with E-state index in [1.807, 2.05) is 0 Å². The molecule has 0 aliphatic carbocycles. The average Bonchev–Trinajstić information content (AvgIpc) is 2.54. The van der Waals surface area contributed by atoms with Crippen LogP contribution in [0.25, 0.3) is 0 Å². The highest BCUT2D eigenvalue weighted by Crippen LogP contribution is 2.39. The largest absolute Gasteiger partial charge is 0.365 e. The van der Waals surface area contributed by atoms with Crippen LogP contribution in [0.2, 0.25) is 0 Å². The smallest absolute Gasteiger partial charge is 0.358 e. The van der Waals surface area contributed by atoms with Crippen molar-refractivity contribution in [1.82, 2.24) is 4.98 Å². The van der Waals surface area contributed by atoms with E-state index in [2.05, 4.69) is 10.3 Å². The van der Waals surface area contributed by atoms with Gasteiger partial charge in [0.2, 0.25) is 5.82 Å². The van der Waals surface area contributed by atoms with Crippen LogP contribution in [-0.4, -0.2) is 24.7 Å². The van der Waals surface area contributed by atoms with E-state index in [0.29, 0.717) is 12.1 Å². The SMILES string of the molecule is O=[N+]([O-])c1cc([N+](=O)[O-])c(Nc2cccc([N+](=O)[O-])n2)c([N+](=O)[O-])c1. The van der Waals surface area contributed by atoms with Gasteiger partial charge in [0.15, 0.2) is 5.69 Å². The normalized spacial score (nSPS) is 10.1. The van der Waals surface area contributed by atoms with Gasteiger partial charge in [-0.15, -0.1) is 0 Å². The van der Waals surface area contributed by atoms with Crippen molar-refractivity contribution in [2.24, 2.45) is 0 Å². The Labute approximate surface area is 136 Å². The molecule has 128 valence electrons. The summed E-state index contributed by atoms with van der Waals surface area (Å²) in [6.45, 7) is 0. The molecule has 0 amide bonds. The second-order valence-electron chi connectivity index (χ2n) is 4.39. The molecule has 14 heteroatoms. The molecule has 1 aromatic heterocycles. The number of pyridine rings is 1. The van der Waals surface area contributed by atoms with Crippen LogP contribution in [0.15, 0.2) is 30.3 Å². The Morgan fingerprint density at radius 3 is 1.80 bits per heavy atom. The van der Waals surface area contributed by atoms with E-state index < -0.39 is 48.3 Å². The molecule has 0 bridgehead atoms. The highest BCUT2D eigenvalue weighted by molar-refractivity contribution is 5.80. The number of rotatable bonds is 6. The van der Waals surface area contributed by atoms with Crippen LogP contribution in [0.5, 0.6) is 0 Å². The van der Waals surface area contributed by atoms with Crippen LogP contribution >= 0.6 is 0 Å². The fraction of sp³-hybridized carbons (Fsp3) is 0. The molecule has 0 radical (unpaired) electrons. The monoisotopic (exact) mass is 350 g/mol. The molecule has 0 saturated heterocycles. The lowest BCUT2D eigenvalue weighted by molar-refractivity contribution is -0.401.